The average molecular weight is 141 g/mol. The predicted octanol–water partition coefficient (Wildman–Crippen LogP) is 0.566. The highest BCUT2D eigenvalue weighted by molar-refractivity contribution is 5.69. The van der Waals surface area contributed by atoms with Crippen LogP contribution in [0, 0.1) is 0 Å². The normalized spacial score (nSPS) is 13.0. The van der Waals surface area contributed by atoms with Crippen molar-refractivity contribution in [1.29, 1.82) is 0 Å². The lowest BCUT2D eigenvalue weighted by atomic mass is 10.3. The number of hydrogen-bond acceptors (Lipinski definition) is 2. The van der Waals surface area contributed by atoms with Gasteiger partial charge in [0.15, 0.2) is 0 Å². The molecule has 0 aliphatic carbocycles. The van der Waals surface area contributed by atoms with Gasteiger partial charge >= 0.3 is 0 Å². The van der Waals surface area contributed by atoms with Gasteiger partial charge in [0.1, 0.15) is 0 Å². The molecular formula is C7H11NO2. The van der Waals surface area contributed by atoms with Gasteiger partial charge in [-0.1, -0.05) is 12.2 Å². The van der Waals surface area contributed by atoms with Crippen LogP contribution in [0.4, 0.5) is 0 Å². The third kappa shape index (κ3) is 2.44. The highest BCUT2D eigenvalue weighted by Crippen LogP contribution is 1.92. The van der Waals surface area contributed by atoms with Crippen molar-refractivity contribution in [2.75, 3.05) is 0 Å². The maximum absolute atomic E-state index is 10.1. The van der Waals surface area contributed by atoms with Crippen LogP contribution in [0.15, 0.2) is 12.2 Å². The van der Waals surface area contributed by atoms with Crippen LogP contribution in [0.1, 0.15) is 13.8 Å². The zero-order valence-electron chi connectivity index (χ0n) is 6.15. The summed E-state index contributed by atoms with van der Waals surface area (Å²) in [6.07, 6.45) is 4.59. The average Bonchev–Trinajstić information content (AvgIpc) is 1.91. The summed E-state index contributed by atoms with van der Waals surface area (Å²) in [6, 6.07) is -0.139. The van der Waals surface area contributed by atoms with Gasteiger partial charge in [-0.15, -0.1) is 0 Å². The Balaban J connectivity index is 3.99. The Morgan fingerprint density at radius 1 is 1.30 bits per heavy atom. The van der Waals surface area contributed by atoms with Crippen molar-refractivity contribution in [3.8, 4) is 0 Å². The zero-order valence-corrected chi connectivity index (χ0v) is 6.15. The van der Waals surface area contributed by atoms with E-state index in [9.17, 15) is 9.59 Å². The maximum Gasteiger partial charge on any atom is 0.216 e. The number of rotatable bonds is 4. The Bertz CT molecular complexity index is 135. The number of carbonyl (C=O) groups excluding carboxylic acids is 2. The van der Waals surface area contributed by atoms with E-state index >= 15 is 0 Å². The van der Waals surface area contributed by atoms with E-state index in [1.807, 2.05) is 6.92 Å². The molecule has 0 aliphatic heterocycles. The molecule has 0 saturated heterocycles. The van der Waals surface area contributed by atoms with Crippen LogP contribution in [-0.4, -0.2) is 23.8 Å². The van der Waals surface area contributed by atoms with Crippen molar-refractivity contribution in [2.45, 2.75) is 19.9 Å². The summed E-state index contributed by atoms with van der Waals surface area (Å²) in [5, 5.41) is 0. The topological polar surface area (TPSA) is 37.4 Å². The van der Waals surface area contributed by atoms with E-state index < -0.39 is 0 Å². The Hall–Kier alpha value is -1.12. The van der Waals surface area contributed by atoms with Crippen LogP contribution in [0.25, 0.3) is 0 Å². The zero-order chi connectivity index (χ0) is 7.98. The molecule has 1 unspecified atom stereocenters. The number of allylic oxidation sites excluding steroid dienone is 1. The second-order valence-electron chi connectivity index (χ2n) is 1.92. The standard InChI is InChI=1S/C7H11NO2/c1-3-4-7(2)8(5-9)6-10/h3-7H,1-2H3/b4-3+. The molecule has 0 N–H and O–H groups in total. The van der Waals surface area contributed by atoms with E-state index in [1.54, 1.807) is 19.1 Å². The van der Waals surface area contributed by atoms with E-state index in [4.69, 9.17) is 0 Å². The third-order valence-corrected chi connectivity index (χ3v) is 1.18. The fourth-order valence-electron chi connectivity index (χ4n) is 0.595. The Morgan fingerprint density at radius 3 is 2.10 bits per heavy atom. The van der Waals surface area contributed by atoms with Crippen LogP contribution in [0.3, 0.4) is 0 Å². The lowest BCUT2D eigenvalue weighted by Gasteiger charge is -2.13. The Kier molecular flexibility index (Phi) is 4.20. The molecule has 0 heterocycles. The summed E-state index contributed by atoms with van der Waals surface area (Å²) >= 11 is 0. The molecule has 2 amide bonds. The monoisotopic (exact) mass is 141 g/mol. The minimum atomic E-state index is -0.139. The van der Waals surface area contributed by atoms with Gasteiger partial charge < -0.3 is 0 Å². The second-order valence-corrected chi connectivity index (χ2v) is 1.92. The predicted molar refractivity (Wildman–Crippen MR) is 38.2 cm³/mol. The number of amides is 2. The molecule has 3 nitrogen and oxygen atoms in total. The van der Waals surface area contributed by atoms with Gasteiger partial charge in [-0.25, -0.2) is 0 Å². The molecule has 56 valence electrons. The van der Waals surface area contributed by atoms with Crippen molar-refractivity contribution < 1.29 is 9.59 Å². The fourth-order valence-corrected chi connectivity index (χ4v) is 0.595. The van der Waals surface area contributed by atoms with Crippen molar-refractivity contribution in [3.63, 3.8) is 0 Å². The van der Waals surface area contributed by atoms with Crippen molar-refractivity contribution in [1.82, 2.24) is 4.90 Å². The van der Waals surface area contributed by atoms with E-state index in [1.165, 1.54) is 0 Å². The summed E-state index contributed by atoms with van der Waals surface area (Å²) in [5.74, 6) is 0. The first-order valence-corrected chi connectivity index (χ1v) is 3.07. The van der Waals surface area contributed by atoms with Gasteiger partial charge in [0.05, 0.1) is 6.04 Å². The van der Waals surface area contributed by atoms with Gasteiger partial charge in [0, 0.05) is 0 Å². The molecule has 0 radical (unpaired) electrons. The van der Waals surface area contributed by atoms with Crippen molar-refractivity contribution in [2.24, 2.45) is 0 Å². The lowest BCUT2D eigenvalue weighted by Crippen LogP contribution is -2.28. The molecule has 0 bridgehead atoms. The molecule has 10 heavy (non-hydrogen) atoms. The molecule has 0 aromatic heterocycles. The third-order valence-electron chi connectivity index (χ3n) is 1.18. The number of hydrogen-bond donors (Lipinski definition) is 0. The Labute approximate surface area is 60.3 Å². The summed E-state index contributed by atoms with van der Waals surface area (Å²) in [5.41, 5.74) is 0. The van der Waals surface area contributed by atoms with Crippen molar-refractivity contribution >= 4 is 12.8 Å². The smallest absolute Gasteiger partial charge is 0.216 e. The molecule has 0 aliphatic rings. The largest absolute Gasteiger partial charge is 0.281 e. The first-order valence-electron chi connectivity index (χ1n) is 3.07. The summed E-state index contributed by atoms with van der Waals surface area (Å²) in [7, 11) is 0. The number of imide groups is 1. The van der Waals surface area contributed by atoms with Crippen molar-refractivity contribution in [3.05, 3.63) is 12.2 Å². The quantitative estimate of drug-likeness (QED) is 0.424. The minimum absolute atomic E-state index is 0.139. The molecule has 0 fully saturated rings. The fraction of sp³-hybridized carbons (Fsp3) is 0.429. The van der Waals surface area contributed by atoms with Gasteiger partial charge in [-0.3, -0.25) is 14.5 Å². The summed E-state index contributed by atoms with van der Waals surface area (Å²) < 4.78 is 0. The summed E-state index contributed by atoms with van der Waals surface area (Å²) in [4.78, 5) is 21.3. The SMILES string of the molecule is C/C=C/C(C)N(C=O)C=O. The number of nitrogens with zero attached hydrogens (tertiary/aromatic N) is 1. The minimum Gasteiger partial charge on any atom is -0.281 e. The molecule has 3 heteroatoms. The molecule has 0 spiro atoms. The van der Waals surface area contributed by atoms with Crippen LogP contribution >= 0.6 is 0 Å². The van der Waals surface area contributed by atoms with Crippen LogP contribution in [0.2, 0.25) is 0 Å². The van der Waals surface area contributed by atoms with Crippen LogP contribution in [-0.2, 0) is 9.59 Å². The number of carbonyl (C=O) groups is 2. The van der Waals surface area contributed by atoms with E-state index in [2.05, 4.69) is 0 Å². The van der Waals surface area contributed by atoms with Crippen LogP contribution < -0.4 is 0 Å². The molecule has 1 atom stereocenters. The summed E-state index contributed by atoms with van der Waals surface area (Å²) in [6.45, 7) is 3.60. The van der Waals surface area contributed by atoms with Gasteiger partial charge in [0.2, 0.25) is 12.8 Å². The highest BCUT2D eigenvalue weighted by Gasteiger charge is 2.04. The lowest BCUT2D eigenvalue weighted by molar-refractivity contribution is -0.130. The van der Waals surface area contributed by atoms with Crippen LogP contribution in [0.5, 0.6) is 0 Å². The molecule has 0 rings (SSSR count). The van der Waals surface area contributed by atoms with Gasteiger partial charge in [-0.2, -0.15) is 0 Å². The Morgan fingerprint density at radius 2 is 1.80 bits per heavy atom. The van der Waals surface area contributed by atoms with Gasteiger partial charge in [-0.05, 0) is 13.8 Å². The maximum atomic E-state index is 10.1. The van der Waals surface area contributed by atoms with E-state index in [-0.39, 0.29) is 6.04 Å². The van der Waals surface area contributed by atoms with E-state index in [0.717, 1.165) is 4.90 Å². The molecule has 0 saturated carbocycles. The first-order chi connectivity index (χ1) is 4.76. The first kappa shape index (κ1) is 8.88. The van der Waals surface area contributed by atoms with Gasteiger partial charge in [0.25, 0.3) is 0 Å². The second kappa shape index (κ2) is 4.73. The highest BCUT2D eigenvalue weighted by atomic mass is 16.2. The molecule has 0 aromatic rings. The molecular weight excluding hydrogens is 130 g/mol. The molecule has 0 aromatic carbocycles. The van der Waals surface area contributed by atoms with E-state index in [0.29, 0.717) is 12.8 Å².